The predicted octanol–water partition coefficient (Wildman–Crippen LogP) is 0.346. The Morgan fingerprint density at radius 2 is 2.09 bits per heavy atom. The van der Waals surface area contributed by atoms with Crippen LogP contribution in [0.1, 0.15) is 31.1 Å². The highest BCUT2D eigenvalue weighted by Crippen LogP contribution is 2.33. The molecule has 10 nitrogen and oxygen atoms in total. The maximum atomic E-state index is 12.8. The lowest BCUT2D eigenvalue weighted by molar-refractivity contribution is -0.212. The van der Waals surface area contributed by atoms with Gasteiger partial charge in [-0.3, -0.25) is 19.1 Å². The maximum Gasteiger partial charge on any atom is 0.490 e. The summed E-state index contributed by atoms with van der Waals surface area (Å²) in [5, 5.41) is 13.2. The minimum atomic E-state index is -5.36. The van der Waals surface area contributed by atoms with Crippen LogP contribution in [-0.2, 0) is 19.1 Å². The van der Waals surface area contributed by atoms with Crippen molar-refractivity contribution in [1.29, 1.82) is 0 Å². The number of Topliss-reactive ketones (excluding diaryl/α,β-unsaturated/α-hetero) is 1. The molecule has 2 aliphatic rings. The van der Waals surface area contributed by atoms with Gasteiger partial charge in [0.15, 0.2) is 11.9 Å². The van der Waals surface area contributed by atoms with Crippen molar-refractivity contribution in [3.8, 4) is 0 Å². The first-order valence-electron chi connectivity index (χ1n) is 9.53. The van der Waals surface area contributed by atoms with E-state index in [2.05, 4.69) is 31.0 Å². The number of alkyl halides is 3. The second kappa shape index (κ2) is 9.68. The molecular weight excluding hydrogens is 507 g/mol. The molecule has 0 aromatic carbocycles. The minimum absolute atomic E-state index is 0.0503. The largest absolute Gasteiger partial charge is 0.490 e. The number of halogens is 4. The van der Waals surface area contributed by atoms with E-state index in [0.717, 1.165) is 10.8 Å². The van der Waals surface area contributed by atoms with Gasteiger partial charge in [-0.1, -0.05) is 15.9 Å². The van der Waals surface area contributed by atoms with E-state index in [1.165, 1.54) is 11.1 Å². The zero-order valence-electron chi connectivity index (χ0n) is 16.3. The van der Waals surface area contributed by atoms with Crippen LogP contribution < -0.4 is 16.6 Å². The van der Waals surface area contributed by atoms with Crippen LogP contribution in [0.4, 0.5) is 13.2 Å². The Morgan fingerprint density at radius 1 is 1.38 bits per heavy atom. The number of H-pyrrole nitrogens is 1. The normalized spacial score (nSPS) is 27.0. The van der Waals surface area contributed by atoms with Crippen LogP contribution in [0, 0.1) is 0 Å². The summed E-state index contributed by atoms with van der Waals surface area (Å²) >= 11 is 3.00. The molecule has 3 heterocycles. The monoisotopic (exact) mass is 525 g/mol. The molecule has 2 saturated heterocycles. The molecule has 3 rings (SSSR count). The fourth-order valence-electron chi connectivity index (χ4n) is 3.62. The molecule has 32 heavy (non-hydrogen) atoms. The smallest absolute Gasteiger partial charge is 0.445 e. The number of aromatic nitrogens is 2. The number of aromatic amines is 1. The van der Waals surface area contributed by atoms with E-state index in [1.807, 2.05) is 0 Å². The summed E-state index contributed by atoms with van der Waals surface area (Å²) in [7, 11) is 0. The average Bonchev–Trinajstić information content (AvgIpc) is 3.37. The highest BCUT2D eigenvalue weighted by molar-refractivity contribution is 9.11. The zero-order valence-corrected chi connectivity index (χ0v) is 17.9. The molecule has 0 radical (unpaired) electrons. The van der Waals surface area contributed by atoms with Crippen molar-refractivity contribution in [2.75, 3.05) is 6.54 Å². The Hall–Kier alpha value is -2.29. The standard InChI is InChI=1S/C18H19BrF3N3O7/c19-4-3-8-7-25(17(30)24-15(8)28)11-6-10(26)13(31-11)14(32-16(29)18(20,21)22)12(27)9-2-1-5-23-9/h3-4,7,9-11,13-14,23,26H,1-2,5-6H2,(H,24,28,30)/b4-3+/t9-,10-,11+,13-,14?/m0/s1. The Balaban J connectivity index is 1.90. The molecule has 3 N–H and O–H groups in total. The van der Waals surface area contributed by atoms with Crippen LogP contribution in [0.15, 0.2) is 20.8 Å². The summed E-state index contributed by atoms with van der Waals surface area (Å²) in [6, 6.07) is -0.873. The molecule has 1 aromatic heterocycles. The lowest BCUT2D eigenvalue weighted by Gasteiger charge is -2.27. The summed E-state index contributed by atoms with van der Waals surface area (Å²) in [4.78, 5) is 51.7. The molecule has 5 atom stereocenters. The van der Waals surface area contributed by atoms with Gasteiger partial charge in [0.05, 0.1) is 17.7 Å². The van der Waals surface area contributed by atoms with Gasteiger partial charge in [-0.15, -0.1) is 0 Å². The van der Waals surface area contributed by atoms with Crippen molar-refractivity contribution in [2.45, 2.75) is 56.0 Å². The number of carbonyl (C=O) groups excluding carboxylic acids is 2. The number of esters is 1. The number of ketones is 1. The number of nitrogens with one attached hydrogen (secondary N) is 2. The summed E-state index contributed by atoms with van der Waals surface area (Å²) in [5.41, 5.74) is -1.54. The van der Waals surface area contributed by atoms with Gasteiger partial charge in [0.2, 0.25) is 0 Å². The number of hydrogen-bond donors (Lipinski definition) is 3. The van der Waals surface area contributed by atoms with Crippen LogP contribution in [0.2, 0.25) is 0 Å². The topological polar surface area (TPSA) is 140 Å². The number of rotatable bonds is 6. The number of nitrogens with zero attached hydrogens (tertiary/aromatic N) is 1. The van der Waals surface area contributed by atoms with Crippen molar-refractivity contribution in [1.82, 2.24) is 14.9 Å². The van der Waals surface area contributed by atoms with Crippen molar-refractivity contribution in [2.24, 2.45) is 0 Å². The first-order valence-corrected chi connectivity index (χ1v) is 10.4. The van der Waals surface area contributed by atoms with Crippen LogP contribution in [0.25, 0.3) is 6.08 Å². The van der Waals surface area contributed by atoms with Gasteiger partial charge < -0.3 is 19.9 Å². The summed E-state index contributed by atoms with van der Waals surface area (Å²) < 4.78 is 49.3. The van der Waals surface area contributed by atoms with Gasteiger partial charge >= 0.3 is 17.8 Å². The van der Waals surface area contributed by atoms with Crippen LogP contribution in [-0.4, -0.2) is 63.5 Å². The summed E-state index contributed by atoms with van der Waals surface area (Å²) in [6.45, 7) is 0.448. The Labute approximate surface area is 186 Å². The summed E-state index contributed by atoms with van der Waals surface area (Å²) in [6.07, 6.45) is -8.79. The van der Waals surface area contributed by atoms with Crippen molar-refractivity contribution < 1.29 is 37.3 Å². The predicted molar refractivity (Wildman–Crippen MR) is 106 cm³/mol. The van der Waals surface area contributed by atoms with E-state index in [1.54, 1.807) is 0 Å². The molecule has 0 spiro atoms. The van der Waals surface area contributed by atoms with Gasteiger partial charge in [-0.05, 0) is 30.4 Å². The maximum absolute atomic E-state index is 12.8. The van der Waals surface area contributed by atoms with E-state index < -0.39 is 59.8 Å². The van der Waals surface area contributed by atoms with E-state index in [4.69, 9.17) is 4.74 Å². The minimum Gasteiger partial charge on any atom is -0.445 e. The van der Waals surface area contributed by atoms with Crippen LogP contribution in [0.3, 0.4) is 0 Å². The third-order valence-corrected chi connectivity index (χ3v) is 5.40. The Bertz CT molecular complexity index is 1020. The highest BCUT2D eigenvalue weighted by atomic mass is 79.9. The molecule has 1 unspecified atom stereocenters. The van der Waals surface area contributed by atoms with Gasteiger partial charge in [-0.25, -0.2) is 9.59 Å². The first kappa shape index (κ1) is 24.4. The SMILES string of the molecule is O=C(C(OC(=O)C(F)(F)F)[C@H]1O[C@@H](n2cc(/C=C/Br)c(=O)[nH]c2=O)C[C@@H]1O)[C@@H]1CCCN1. The van der Waals surface area contributed by atoms with E-state index in [9.17, 15) is 37.5 Å². The second-order valence-electron chi connectivity index (χ2n) is 7.28. The number of hydrogen-bond acceptors (Lipinski definition) is 8. The Kier molecular flexibility index (Phi) is 7.37. The van der Waals surface area contributed by atoms with Gasteiger partial charge in [0.25, 0.3) is 5.56 Å². The molecule has 0 saturated carbocycles. The van der Waals surface area contributed by atoms with Gasteiger partial charge in [-0.2, -0.15) is 13.2 Å². The van der Waals surface area contributed by atoms with E-state index in [-0.39, 0.29) is 12.0 Å². The van der Waals surface area contributed by atoms with Crippen molar-refractivity contribution in [3.05, 3.63) is 37.6 Å². The first-order chi connectivity index (χ1) is 15.0. The third kappa shape index (κ3) is 5.19. The molecule has 0 bridgehead atoms. The van der Waals surface area contributed by atoms with Crippen molar-refractivity contribution in [3.63, 3.8) is 0 Å². The Morgan fingerprint density at radius 3 is 2.69 bits per heavy atom. The molecule has 2 aliphatic heterocycles. The molecule has 1 aromatic rings. The number of ether oxygens (including phenoxy) is 2. The van der Waals surface area contributed by atoms with Crippen LogP contribution in [0.5, 0.6) is 0 Å². The van der Waals surface area contributed by atoms with Crippen LogP contribution >= 0.6 is 15.9 Å². The fourth-order valence-corrected chi connectivity index (χ4v) is 3.90. The summed E-state index contributed by atoms with van der Waals surface area (Å²) in [5.74, 6) is -3.47. The average molecular weight is 526 g/mol. The van der Waals surface area contributed by atoms with E-state index in [0.29, 0.717) is 19.4 Å². The fraction of sp³-hybridized carbons (Fsp3) is 0.556. The second-order valence-corrected chi connectivity index (χ2v) is 7.81. The lowest BCUT2D eigenvalue weighted by atomic mass is 9.98. The van der Waals surface area contributed by atoms with Gasteiger partial charge in [0, 0.05) is 12.6 Å². The number of aliphatic hydroxyl groups excluding tert-OH is 1. The molecule has 2 fully saturated rings. The lowest BCUT2D eigenvalue weighted by Crippen LogP contribution is -2.51. The third-order valence-electron chi connectivity index (χ3n) is 5.13. The highest BCUT2D eigenvalue weighted by Gasteiger charge is 2.51. The molecule has 14 heteroatoms. The molecule has 0 aliphatic carbocycles. The number of aliphatic hydroxyl groups is 1. The zero-order chi connectivity index (χ0) is 23.6. The molecular formula is C18H19BrF3N3O7. The number of carbonyl (C=O) groups is 2. The van der Waals surface area contributed by atoms with Gasteiger partial charge in [0.1, 0.15) is 12.3 Å². The molecule has 176 valence electrons. The quantitative estimate of drug-likeness (QED) is 0.452. The van der Waals surface area contributed by atoms with E-state index >= 15 is 0 Å². The molecule has 0 amide bonds. The van der Waals surface area contributed by atoms with Crippen molar-refractivity contribution >= 4 is 33.8 Å².